The Hall–Kier alpha value is -0.780. The highest BCUT2D eigenvalue weighted by molar-refractivity contribution is 7.91. The molecule has 2 rings (SSSR count). The van der Waals surface area contributed by atoms with Crippen molar-refractivity contribution in [1.29, 1.82) is 0 Å². The van der Waals surface area contributed by atoms with Gasteiger partial charge in [0.25, 0.3) is 15.7 Å². The Morgan fingerprint density at radius 1 is 1.62 bits per heavy atom. The molecule has 2 heterocycles. The Labute approximate surface area is 130 Å². The Balaban J connectivity index is 2.33. The summed E-state index contributed by atoms with van der Waals surface area (Å²) in [7, 11) is -3.90. The molecule has 0 bridgehead atoms. The van der Waals surface area contributed by atoms with Gasteiger partial charge in [-0.15, -0.1) is 11.3 Å². The lowest BCUT2D eigenvalue weighted by molar-refractivity contribution is -0.384. The number of sulfonamides is 1. The maximum absolute atomic E-state index is 12.5. The summed E-state index contributed by atoms with van der Waals surface area (Å²) in [4.78, 5) is 10.0. The third-order valence-corrected chi connectivity index (χ3v) is 6.55. The molecule has 11 heteroatoms. The average Bonchev–Trinajstić information content (AvgIpc) is 2.81. The van der Waals surface area contributed by atoms with Gasteiger partial charge in [0.15, 0.2) is 4.34 Å². The number of rotatable bonds is 4. The van der Waals surface area contributed by atoms with E-state index in [1.165, 1.54) is 0 Å². The summed E-state index contributed by atoms with van der Waals surface area (Å²) in [5.74, 6) is 0. The molecule has 1 aliphatic rings. The minimum absolute atomic E-state index is 0.00745. The lowest BCUT2D eigenvalue weighted by atomic mass is 10.2. The van der Waals surface area contributed by atoms with Crippen LogP contribution >= 0.6 is 22.9 Å². The minimum Gasteiger partial charge on any atom is -0.394 e. The van der Waals surface area contributed by atoms with Crippen LogP contribution < -0.4 is 0 Å². The first-order valence-corrected chi connectivity index (χ1v) is 8.59. The summed E-state index contributed by atoms with van der Waals surface area (Å²) in [6.45, 7) is 1.49. The highest BCUT2D eigenvalue weighted by Gasteiger charge is 2.36. The molecule has 0 aliphatic carbocycles. The van der Waals surface area contributed by atoms with Crippen molar-refractivity contribution in [1.82, 2.24) is 4.31 Å². The molecule has 0 spiro atoms. The number of aliphatic hydroxyl groups is 1. The van der Waals surface area contributed by atoms with Crippen molar-refractivity contribution in [3.63, 3.8) is 0 Å². The molecule has 2 atom stereocenters. The normalized spacial score (nSPS) is 24.1. The molecule has 0 radical (unpaired) electrons. The first-order valence-electron chi connectivity index (χ1n) is 5.96. The van der Waals surface area contributed by atoms with Crippen LogP contribution in [0.2, 0.25) is 4.34 Å². The van der Waals surface area contributed by atoms with E-state index in [0.717, 1.165) is 10.4 Å². The maximum atomic E-state index is 12.5. The van der Waals surface area contributed by atoms with Gasteiger partial charge in [0.2, 0.25) is 0 Å². The number of hydrogen-bond donors (Lipinski definition) is 1. The van der Waals surface area contributed by atoms with Crippen molar-refractivity contribution >= 4 is 38.6 Å². The molecule has 1 saturated heterocycles. The summed E-state index contributed by atoms with van der Waals surface area (Å²) in [5.41, 5.74) is -0.430. The highest BCUT2D eigenvalue weighted by Crippen LogP contribution is 2.37. The van der Waals surface area contributed by atoms with Crippen LogP contribution in [0, 0.1) is 10.1 Å². The van der Waals surface area contributed by atoms with Crippen LogP contribution in [0.25, 0.3) is 0 Å². The molecule has 8 nitrogen and oxygen atoms in total. The number of aliphatic hydroxyl groups excluding tert-OH is 1. The molecule has 1 aliphatic heterocycles. The number of halogens is 1. The van der Waals surface area contributed by atoms with Crippen LogP contribution in [-0.4, -0.2) is 54.7 Å². The molecule has 1 fully saturated rings. The van der Waals surface area contributed by atoms with Crippen LogP contribution in [0.1, 0.15) is 6.92 Å². The second-order valence-corrected chi connectivity index (χ2v) is 8.37. The van der Waals surface area contributed by atoms with Gasteiger partial charge in [-0.2, -0.15) is 4.31 Å². The zero-order valence-corrected chi connectivity index (χ0v) is 13.3. The number of nitrogens with zero attached hydrogens (tertiary/aromatic N) is 2. The number of ether oxygens (including phenoxy) is 1. The predicted octanol–water partition coefficient (Wildman–Crippen LogP) is 1.08. The summed E-state index contributed by atoms with van der Waals surface area (Å²) in [5, 5.41) is 19.9. The van der Waals surface area contributed by atoms with E-state index in [9.17, 15) is 18.5 Å². The quantitative estimate of drug-likeness (QED) is 0.638. The van der Waals surface area contributed by atoms with Crippen molar-refractivity contribution < 1.29 is 23.2 Å². The van der Waals surface area contributed by atoms with Gasteiger partial charge in [0, 0.05) is 19.2 Å². The summed E-state index contributed by atoms with van der Waals surface area (Å²) < 4.78 is 31.2. The van der Waals surface area contributed by atoms with Gasteiger partial charge in [0.1, 0.15) is 4.21 Å². The predicted molar refractivity (Wildman–Crippen MR) is 76.2 cm³/mol. The fourth-order valence-corrected chi connectivity index (χ4v) is 5.38. The van der Waals surface area contributed by atoms with Crippen LogP contribution in [0.4, 0.5) is 5.69 Å². The third-order valence-electron chi connectivity index (χ3n) is 2.93. The average molecular weight is 357 g/mol. The summed E-state index contributed by atoms with van der Waals surface area (Å²) in [6, 6.07) is 0.955. The van der Waals surface area contributed by atoms with E-state index in [1.807, 2.05) is 0 Å². The van der Waals surface area contributed by atoms with Crippen molar-refractivity contribution in [2.24, 2.45) is 0 Å². The van der Waals surface area contributed by atoms with Crippen LogP contribution in [0.3, 0.4) is 0 Å². The van der Waals surface area contributed by atoms with Crippen molar-refractivity contribution in [2.75, 3.05) is 19.7 Å². The lowest BCUT2D eigenvalue weighted by Crippen LogP contribution is -2.50. The van der Waals surface area contributed by atoms with Gasteiger partial charge >= 0.3 is 0 Å². The van der Waals surface area contributed by atoms with Gasteiger partial charge in [-0.3, -0.25) is 10.1 Å². The molecule has 0 aromatic carbocycles. The molecule has 1 aromatic rings. The SMILES string of the molecule is CC1CN(S(=O)(=O)c2cc([N+](=O)[O-])c(Cl)s2)CC(CO)O1. The van der Waals surface area contributed by atoms with E-state index in [2.05, 4.69) is 0 Å². The number of morpholine rings is 1. The van der Waals surface area contributed by atoms with Crippen molar-refractivity contribution in [3.05, 3.63) is 20.5 Å². The number of nitro groups is 1. The van der Waals surface area contributed by atoms with Crippen molar-refractivity contribution in [2.45, 2.75) is 23.3 Å². The molecular formula is C10H13ClN2O6S2. The van der Waals surface area contributed by atoms with Gasteiger partial charge in [0.05, 0.1) is 23.7 Å². The van der Waals surface area contributed by atoms with E-state index in [0.29, 0.717) is 11.3 Å². The van der Waals surface area contributed by atoms with Gasteiger partial charge in [-0.1, -0.05) is 11.6 Å². The Morgan fingerprint density at radius 3 is 2.81 bits per heavy atom. The molecule has 1 aromatic heterocycles. The summed E-state index contributed by atoms with van der Waals surface area (Å²) >= 11 is 6.34. The molecule has 2 unspecified atom stereocenters. The molecule has 1 N–H and O–H groups in total. The topological polar surface area (TPSA) is 110 Å². The number of hydrogen-bond acceptors (Lipinski definition) is 7. The molecule has 0 saturated carbocycles. The Morgan fingerprint density at radius 2 is 2.29 bits per heavy atom. The maximum Gasteiger partial charge on any atom is 0.300 e. The zero-order chi connectivity index (χ0) is 15.8. The monoisotopic (exact) mass is 356 g/mol. The first kappa shape index (κ1) is 16.6. The fraction of sp³-hybridized carbons (Fsp3) is 0.600. The molecule has 0 amide bonds. The number of thiophene rings is 1. The Kier molecular flexibility index (Phi) is 4.85. The smallest absolute Gasteiger partial charge is 0.300 e. The zero-order valence-electron chi connectivity index (χ0n) is 10.9. The molecular weight excluding hydrogens is 344 g/mol. The summed E-state index contributed by atoms with van der Waals surface area (Å²) in [6.07, 6.45) is -0.995. The first-order chi connectivity index (χ1) is 9.75. The van der Waals surface area contributed by atoms with E-state index in [1.54, 1.807) is 6.92 Å². The minimum atomic E-state index is -3.90. The van der Waals surface area contributed by atoms with Gasteiger partial charge in [-0.05, 0) is 6.92 Å². The highest BCUT2D eigenvalue weighted by atomic mass is 35.5. The largest absolute Gasteiger partial charge is 0.394 e. The van der Waals surface area contributed by atoms with Crippen LogP contribution in [0.15, 0.2) is 10.3 Å². The fourth-order valence-electron chi connectivity index (χ4n) is 2.02. The van der Waals surface area contributed by atoms with E-state index in [4.69, 9.17) is 21.4 Å². The van der Waals surface area contributed by atoms with E-state index >= 15 is 0 Å². The second kappa shape index (κ2) is 6.15. The van der Waals surface area contributed by atoms with E-state index < -0.39 is 26.7 Å². The lowest BCUT2D eigenvalue weighted by Gasteiger charge is -2.34. The molecule has 21 heavy (non-hydrogen) atoms. The van der Waals surface area contributed by atoms with Crippen molar-refractivity contribution in [3.8, 4) is 0 Å². The van der Waals surface area contributed by atoms with Gasteiger partial charge < -0.3 is 9.84 Å². The third kappa shape index (κ3) is 3.35. The van der Waals surface area contributed by atoms with Crippen LogP contribution in [0.5, 0.6) is 0 Å². The standard InChI is InChI=1S/C10H13ClN2O6S2/c1-6-3-12(4-7(5-14)19-6)21(17,18)9-2-8(13(15)16)10(11)20-9/h2,6-7,14H,3-5H2,1H3. The molecule has 118 valence electrons. The second-order valence-electron chi connectivity index (χ2n) is 4.55. The van der Waals surface area contributed by atoms with Gasteiger partial charge in [-0.25, -0.2) is 8.42 Å². The van der Waals surface area contributed by atoms with Crippen LogP contribution in [-0.2, 0) is 14.8 Å². The Bertz CT molecular complexity index is 646. The van der Waals surface area contributed by atoms with E-state index in [-0.39, 0.29) is 34.3 Å².